The Morgan fingerprint density at radius 1 is 1.11 bits per heavy atom. The van der Waals surface area contributed by atoms with Crippen LogP contribution < -0.4 is 0 Å². The topological polar surface area (TPSA) is 48.4 Å². The number of allylic oxidation sites excluding steroid dienone is 3. The Kier molecular flexibility index (Phi) is 6.25. The Morgan fingerprint density at radius 3 is 2.66 bits per heavy atom. The first-order chi connectivity index (χ1) is 16.6. The van der Waals surface area contributed by atoms with E-state index in [1.165, 1.54) is 23.1 Å². The third-order valence-electron chi connectivity index (χ3n) is 9.48. The van der Waals surface area contributed by atoms with Gasteiger partial charge in [-0.1, -0.05) is 37.6 Å². The van der Waals surface area contributed by atoms with Gasteiger partial charge < -0.3 is 9.47 Å². The molecule has 5 rings (SSSR count). The largest absolute Gasteiger partial charge is 0.508 e. The molecule has 0 spiro atoms. The zero-order valence-electron chi connectivity index (χ0n) is 20.4. The molecule has 6 atom stereocenters. The third kappa shape index (κ3) is 4.51. The van der Waals surface area contributed by atoms with Crippen molar-refractivity contribution in [2.75, 3.05) is 6.61 Å². The van der Waals surface area contributed by atoms with Crippen molar-refractivity contribution in [3.63, 3.8) is 0 Å². The van der Waals surface area contributed by atoms with E-state index in [-0.39, 0.29) is 16.9 Å². The van der Waals surface area contributed by atoms with Crippen molar-refractivity contribution in [1.29, 1.82) is 0 Å². The van der Waals surface area contributed by atoms with Gasteiger partial charge in [-0.3, -0.25) is 4.98 Å². The van der Waals surface area contributed by atoms with Gasteiger partial charge in [0.1, 0.15) is 12.7 Å². The number of hydrogen-bond acceptors (Lipinski definition) is 4. The van der Waals surface area contributed by atoms with Crippen LogP contribution in [0.4, 0.5) is 18.0 Å². The van der Waals surface area contributed by atoms with Gasteiger partial charge in [0.25, 0.3) is 0 Å². The van der Waals surface area contributed by atoms with Crippen LogP contribution >= 0.6 is 0 Å². The summed E-state index contributed by atoms with van der Waals surface area (Å²) in [6, 6.07) is 4.19. The average Bonchev–Trinajstić information content (AvgIpc) is 3.16. The van der Waals surface area contributed by atoms with Gasteiger partial charge in [0.15, 0.2) is 0 Å². The Labute approximate surface area is 205 Å². The van der Waals surface area contributed by atoms with Crippen molar-refractivity contribution in [3.05, 3.63) is 47.8 Å². The molecule has 4 aliphatic carbocycles. The molecule has 0 N–H and O–H groups in total. The van der Waals surface area contributed by atoms with E-state index in [9.17, 15) is 18.0 Å². The number of fused-ring (bicyclic) bond motifs is 5. The lowest BCUT2D eigenvalue weighted by Gasteiger charge is -2.57. The number of hydrogen-bond donors (Lipinski definition) is 0. The molecule has 0 aliphatic heterocycles. The lowest BCUT2D eigenvalue weighted by Crippen LogP contribution is -2.50. The monoisotopic (exact) mass is 489 g/mol. The van der Waals surface area contributed by atoms with Gasteiger partial charge in [0, 0.05) is 18.8 Å². The summed E-state index contributed by atoms with van der Waals surface area (Å²) in [5.74, 6) is 1.84. The van der Waals surface area contributed by atoms with Crippen LogP contribution in [0.5, 0.6) is 0 Å². The lowest BCUT2D eigenvalue weighted by atomic mass is 9.47. The number of halogens is 3. The second kappa shape index (κ2) is 8.97. The minimum absolute atomic E-state index is 0.0847. The summed E-state index contributed by atoms with van der Waals surface area (Å²) in [4.78, 5) is 16.3. The van der Waals surface area contributed by atoms with E-state index in [4.69, 9.17) is 4.74 Å². The summed E-state index contributed by atoms with van der Waals surface area (Å²) in [7, 11) is 0. The van der Waals surface area contributed by atoms with E-state index < -0.39 is 25.4 Å². The van der Waals surface area contributed by atoms with E-state index >= 15 is 0 Å². The fourth-order valence-corrected chi connectivity index (χ4v) is 7.69. The summed E-state index contributed by atoms with van der Waals surface area (Å²) in [5.41, 5.74) is 4.30. The summed E-state index contributed by atoms with van der Waals surface area (Å²) >= 11 is 0. The molecule has 2 saturated carbocycles. The summed E-state index contributed by atoms with van der Waals surface area (Å²) in [6.07, 6.45) is 8.57. The maximum atomic E-state index is 12.3. The molecule has 0 aromatic carbocycles. The standard InChI is InChI=1S/C28H34F3NO3/c1-26-11-9-20(35-25(33)34-15-13-28(29,30)31)16-19(26)5-6-21-23-8-7-22(18-4-3-14-32-17-18)27(23,2)12-10-24(21)26/h3-5,7,14,17,20-21,23-24H,6,8-13,15-16H2,1-2H3/t20-,21-,23-,24-,26-,27+/m0/s1. The maximum absolute atomic E-state index is 12.3. The molecular weight excluding hydrogens is 455 g/mol. The van der Waals surface area contributed by atoms with Crippen LogP contribution in [0.3, 0.4) is 0 Å². The van der Waals surface area contributed by atoms with E-state index in [0.29, 0.717) is 30.6 Å². The van der Waals surface area contributed by atoms with Gasteiger partial charge in [-0.2, -0.15) is 13.2 Å². The van der Waals surface area contributed by atoms with Gasteiger partial charge in [0.05, 0.1) is 6.42 Å². The molecule has 0 saturated heterocycles. The van der Waals surface area contributed by atoms with Crippen molar-refractivity contribution < 1.29 is 27.4 Å². The minimum atomic E-state index is -4.35. The Bertz CT molecular complexity index is 1020. The summed E-state index contributed by atoms with van der Waals surface area (Å²) < 4.78 is 46.9. The zero-order valence-corrected chi connectivity index (χ0v) is 20.4. The van der Waals surface area contributed by atoms with Gasteiger partial charge in [-0.05, 0) is 84.3 Å². The lowest BCUT2D eigenvalue weighted by molar-refractivity contribution is -0.143. The number of aromatic nitrogens is 1. The molecule has 7 heteroatoms. The Hall–Kier alpha value is -2.31. The Balaban J connectivity index is 1.25. The van der Waals surface area contributed by atoms with E-state index in [1.807, 2.05) is 18.5 Å². The van der Waals surface area contributed by atoms with E-state index in [1.54, 1.807) is 0 Å². The first-order valence-electron chi connectivity index (χ1n) is 12.8. The van der Waals surface area contributed by atoms with Crippen molar-refractivity contribution >= 4 is 11.7 Å². The number of alkyl halides is 3. The normalized spacial score (nSPS) is 36.3. The highest BCUT2D eigenvalue weighted by molar-refractivity contribution is 5.72. The number of rotatable bonds is 4. The molecular formula is C28H34F3NO3. The van der Waals surface area contributed by atoms with Crippen LogP contribution in [0.1, 0.15) is 70.8 Å². The molecule has 190 valence electrons. The number of pyridine rings is 1. The van der Waals surface area contributed by atoms with E-state index in [2.05, 4.69) is 41.8 Å². The highest BCUT2D eigenvalue weighted by Crippen LogP contribution is 2.66. The van der Waals surface area contributed by atoms with Crippen LogP contribution in [-0.4, -0.2) is 30.0 Å². The maximum Gasteiger partial charge on any atom is 0.508 e. The fourth-order valence-electron chi connectivity index (χ4n) is 7.69. The van der Waals surface area contributed by atoms with Crippen LogP contribution in [0.2, 0.25) is 0 Å². The molecule has 0 radical (unpaired) electrons. The number of carbonyl (C=O) groups is 1. The van der Waals surface area contributed by atoms with Crippen molar-refractivity contribution in [2.45, 2.75) is 77.5 Å². The average molecular weight is 490 g/mol. The molecule has 0 amide bonds. The smallest absolute Gasteiger partial charge is 0.434 e. The Morgan fingerprint density at radius 2 is 1.91 bits per heavy atom. The predicted molar refractivity (Wildman–Crippen MR) is 126 cm³/mol. The molecule has 2 fully saturated rings. The third-order valence-corrected chi connectivity index (χ3v) is 9.48. The molecule has 1 aromatic rings. The second-order valence-electron chi connectivity index (χ2n) is 11.3. The van der Waals surface area contributed by atoms with Crippen LogP contribution in [0.25, 0.3) is 5.57 Å². The molecule has 1 heterocycles. The first kappa shape index (κ1) is 24.4. The number of nitrogens with zero attached hydrogens (tertiary/aromatic N) is 1. The van der Waals surface area contributed by atoms with Crippen molar-refractivity contribution in [2.24, 2.45) is 28.6 Å². The molecule has 1 aromatic heterocycles. The second-order valence-corrected chi connectivity index (χ2v) is 11.3. The molecule has 0 unspecified atom stereocenters. The highest BCUT2D eigenvalue weighted by Gasteiger charge is 2.57. The molecule has 35 heavy (non-hydrogen) atoms. The zero-order chi connectivity index (χ0) is 24.8. The SMILES string of the molecule is C[C@]12CC[C@H](OC(=O)OCCC(F)(F)F)CC1=CC[C@@H]1[C@@H]2CC[C@]2(C)C(c3cccnc3)=CC[C@@H]12. The quantitative estimate of drug-likeness (QED) is 0.324. The molecule has 4 aliphatic rings. The molecule has 4 nitrogen and oxygen atoms in total. The van der Waals surface area contributed by atoms with E-state index in [0.717, 1.165) is 25.7 Å². The van der Waals surface area contributed by atoms with Crippen molar-refractivity contribution in [1.82, 2.24) is 4.98 Å². The minimum Gasteiger partial charge on any atom is -0.434 e. The van der Waals surface area contributed by atoms with Gasteiger partial charge in [-0.15, -0.1) is 0 Å². The molecule has 0 bridgehead atoms. The van der Waals surface area contributed by atoms with Crippen LogP contribution in [-0.2, 0) is 9.47 Å². The number of carbonyl (C=O) groups excluding carboxylic acids is 1. The summed E-state index contributed by atoms with van der Waals surface area (Å²) in [6.45, 7) is 4.12. The number of ether oxygens (including phenoxy) is 2. The first-order valence-corrected chi connectivity index (χ1v) is 12.8. The fraction of sp³-hybridized carbons (Fsp3) is 0.643. The van der Waals surface area contributed by atoms with Gasteiger partial charge in [-0.25, -0.2) is 4.79 Å². The van der Waals surface area contributed by atoms with Crippen molar-refractivity contribution in [3.8, 4) is 0 Å². The van der Waals surface area contributed by atoms with Gasteiger partial charge in [0.2, 0.25) is 0 Å². The van der Waals surface area contributed by atoms with Gasteiger partial charge >= 0.3 is 12.3 Å². The van der Waals surface area contributed by atoms with Crippen LogP contribution in [0, 0.1) is 28.6 Å². The highest BCUT2D eigenvalue weighted by atomic mass is 19.4. The summed E-state index contributed by atoms with van der Waals surface area (Å²) in [5, 5.41) is 0. The predicted octanol–water partition coefficient (Wildman–Crippen LogP) is 7.51. The van der Waals surface area contributed by atoms with Crippen LogP contribution in [0.15, 0.2) is 42.3 Å².